The second-order valence-electron chi connectivity index (χ2n) is 5.32. The number of carbonyl (C=O) groups excluding carboxylic acids is 2. The van der Waals surface area contributed by atoms with Gasteiger partial charge >= 0.3 is 0 Å². The maximum Gasteiger partial charge on any atom is 0.242 e. The number of unbranched alkanes of at least 4 members (excludes halogenated alkanes) is 1. The molecule has 0 aliphatic carbocycles. The van der Waals surface area contributed by atoms with Crippen LogP contribution in [0.3, 0.4) is 0 Å². The van der Waals surface area contributed by atoms with Crippen molar-refractivity contribution < 1.29 is 14.0 Å². The first-order valence-electron chi connectivity index (χ1n) is 7.81. The van der Waals surface area contributed by atoms with Crippen LogP contribution in [0.2, 0.25) is 0 Å². The highest BCUT2D eigenvalue weighted by molar-refractivity contribution is 5.87. The summed E-state index contributed by atoms with van der Waals surface area (Å²) in [5.74, 6) is -0.567. The smallest absolute Gasteiger partial charge is 0.242 e. The molecule has 0 spiro atoms. The third-order valence-electron chi connectivity index (χ3n) is 3.57. The van der Waals surface area contributed by atoms with E-state index in [0.29, 0.717) is 19.5 Å². The molecule has 0 fully saturated rings. The van der Waals surface area contributed by atoms with Crippen molar-refractivity contribution in [1.29, 1.82) is 0 Å². The summed E-state index contributed by atoms with van der Waals surface area (Å²) >= 11 is 0. The van der Waals surface area contributed by atoms with Gasteiger partial charge in [0.25, 0.3) is 0 Å². The molecule has 4 nitrogen and oxygen atoms in total. The number of nitrogens with zero attached hydrogens (tertiary/aromatic N) is 1. The Labute approximate surface area is 131 Å². The van der Waals surface area contributed by atoms with Crippen molar-refractivity contribution in [2.45, 2.75) is 52.6 Å². The number of hydrogen-bond acceptors (Lipinski definition) is 2. The van der Waals surface area contributed by atoms with Crippen molar-refractivity contribution in [2.75, 3.05) is 6.54 Å². The number of benzene rings is 1. The van der Waals surface area contributed by atoms with E-state index in [1.54, 1.807) is 26.0 Å². The van der Waals surface area contributed by atoms with Crippen LogP contribution in [-0.4, -0.2) is 29.3 Å². The molecule has 0 aliphatic rings. The number of carbonyl (C=O) groups is 2. The van der Waals surface area contributed by atoms with E-state index in [4.69, 9.17) is 0 Å². The molecule has 0 radical (unpaired) electrons. The number of nitrogens with one attached hydrogen (secondary N) is 1. The molecule has 22 heavy (non-hydrogen) atoms. The zero-order chi connectivity index (χ0) is 16.5. The van der Waals surface area contributed by atoms with Crippen LogP contribution in [0, 0.1) is 5.82 Å². The average molecular weight is 308 g/mol. The molecule has 1 rings (SSSR count). The Morgan fingerprint density at radius 3 is 2.41 bits per heavy atom. The van der Waals surface area contributed by atoms with Gasteiger partial charge in [-0.1, -0.05) is 32.4 Å². The Morgan fingerprint density at radius 2 is 1.86 bits per heavy atom. The van der Waals surface area contributed by atoms with Gasteiger partial charge in [0.1, 0.15) is 11.9 Å². The van der Waals surface area contributed by atoms with Gasteiger partial charge in [0.15, 0.2) is 0 Å². The van der Waals surface area contributed by atoms with Crippen LogP contribution in [0.25, 0.3) is 0 Å². The first-order chi connectivity index (χ1) is 10.5. The summed E-state index contributed by atoms with van der Waals surface area (Å²) in [6.07, 6.45) is 2.24. The van der Waals surface area contributed by atoms with Crippen LogP contribution in [0.1, 0.15) is 45.6 Å². The summed E-state index contributed by atoms with van der Waals surface area (Å²) in [7, 11) is 0. The highest BCUT2D eigenvalue weighted by Crippen LogP contribution is 2.11. The van der Waals surface area contributed by atoms with E-state index in [0.717, 1.165) is 18.4 Å². The normalized spacial score (nSPS) is 11.8. The topological polar surface area (TPSA) is 49.4 Å². The summed E-state index contributed by atoms with van der Waals surface area (Å²) in [6, 6.07) is 5.43. The minimum absolute atomic E-state index is 0.0949. The van der Waals surface area contributed by atoms with Gasteiger partial charge in [-0.25, -0.2) is 4.39 Å². The molecule has 0 unspecified atom stereocenters. The maximum absolute atomic E-state index is 13.0. The molecule has 122 valence electrons. The average Bonchev–Trinajstić information content (AvgIpc) is 2.53. The molecule has 1 atom stereocenters. The van der Waals surface area contributed by atoms with Crippen molar-refractivity contribution in [2.24, 2.45) is 0 Å². The zero-order valence-corrected chi connectivity index (χ0v) is 13.6. The van der Waals surface area contributed by atoms with Gasteiger partial charge in [-0.2, -0.15) is 0 Å². The van der Waals surface area contributed by atoms with Gasteiger partial charge in [0, 0.05) is 19.5 Å². The molecule has 0 aromatic heterocycles. The summed E-state index contributed by atoms with van der Waals surface area (Å²) < 4.78 is 13.0. The number of halogens is 1. The molecular formula is C17H25FN2O2. The Bertz CT molecular complexity index is 488. The van der Waals surface area contributed by atoms with Gasteiger partial charge < -0.3 is 10.2 Å². The molecule has 0 saturated heterocycles. The maximum atomic E-state index is 13.0. The number of amides is 2. The second kappa shape index (κ2) is 9.18. The van der Waals surface area contributed by atoms with Crippen LogP contribution in [-0.2, 0) is 16.1 Å². The first-order valence-corrected chi connectivity index (χ1v) is 7.81. The van der Waals surface area contributed by atoms with E-state index in [1.807, 2.05) is 0 Å². The Morgan fingerprint density at radius 1 is 1.23 bits per heavy atom. The Balaban J connectivity index is 2.76. The van der Waals surface area contributed by atoms with E-state index in [1.165, 1.54) is 17.0 Å². The van der Waals surface area contributed by atoms with Gasteiger partial charge in [-0.05, 0) is 31.0 Å². The summed E-state index contributed by atoms with van der Waals surface area (Å²) in [6.45, 7) is 6.46. The van der Waals surface area contributed by atoms with Crippen LogP contribution < -0.4 is 5.32 Å². The predicted molar refractivity (Wildman–Crippen MR) is 84.6 cm³/mol. The fraction of sp³-hybridized carbons (Fsp3) is 0.529. The zero-order valence-electron chi connectivity index (χ0n) is 13.6. The van der Waals surface area contributed by atoms with Crippen LogP contribution >= 0.6 is 0 Å². The van der Waals surface area contributed by atoms with E-state index < -0.39 is 6.04 Å². The third-order valence-corrected chi connectivity index (χ3v) is 3.57. The Kier molecular flexibility index (Phi) is 7.57. The highest BCUT2D eigenvalue weighted by Gasteiger charge is 2.24. The molecule has 0 saturated carbocycles. The van der Waals surface area contributed by atoms with E-state index in [2.05, 4.69) is 12.2 Å². The van der Waals surface area contributed by atoms with Crippen LogP contribution in [0.4, 0.5) is 4.39 Å². The van der Waals surface area contributed by atoms with Gasteiger partial charge in [0.2, 0.25) is 11.8 Å². The molecule has 0 heterocycles. The molecule has 1 aromatic rings. The van der Waals surface area contributed by atoms with Gasteiger partial charge in [-0.3, -0.25) is 9.59 Å². The standard InChI is InChI=1S/C17H25FN2O2/c1-4-6-11-19-17(22)13(3)20(16(21)5-2)12-14-7-9-15(18)10-8-14/h7-10,13H,4-6,11-12H2,1-3H3,(H,19,22)/t13-/m0/s1. The van der Waals surface area contributed by atoms with E-state index >= 15 is 0 Å². The fourth-order valence-corrected chi connectivity index (χ4v) is 2.11. The van der Waals surface area contributed by atoms with Crippen molar-refractivity contribution in [3.05, 3.63) is 35.6 Å². The van der Waals surface area contributed by atoms with Crippen LogP contribution in [0.5, 0.6) is 0 Å². The van der Waals surface area contributed by atoms with Gasteiger partial charge in [-0.15, -0.1) is 0 Å². The van der Waals surface area contributed by atoms with Crippen LogP contribution in [0.15, 0.2) is 24.3 Å². The lowest BCUT2D eigenvalue weighted by Crippen LogP contribution is -2.47. The summed E-state index contributed by atoms with van der Waals surface area (Å²) in [4.78, 5) is 25.8. The van der Waals surface area contributed by atoms with Crippen molar-refractivity contribution >= 4 is 11.8 Å². The van der Waals surface area contributed by atoms with E-state index in [9.17, 15) is 14.0 Å². The predicted octanol–water partition coefficient (Wildman–Crippen LogP) is 2.87. The first kappa shape index (κ1) is 18.1. The van der Waals surface area contributed by atoms with Crippen molar-refractivity contribution in [3.8, 4) is 0 Å². The molecule has 0 aliphatic heterocycles. The molecule has 1 N–H and O–H groups in total. The lowest BCUT2D eigenvalue weighted by molar-refractivity contribution is -0.140. The van der Waals surface area contributed by atoms with Crippen molar-refractivity contribution in [1.82, 2.24) is 10.2 Å². The quantitative estimate of drug-likeness (QED) is 0.751. The monoisotopic (exact) mass is 308 g/mol. The minimum atomic E-state index is -0.547. The third kappa shape index (κ3) is 5.47. The lowest BCUT2D eigenvalue weighted by atomic mass is 10.1. The largest absolute Gasteiger partial charge is 0.354 e. The second-order valence-corrected chi connectivity index (χ2v) is 5.32. The Hall–Kier alpha value is -1.91. The molecule has 0 bridgehead atoms. The molecule has 2 amide bonds. The molecule has 1 aromatic carbocycles. The number of hydrogen-bond donors (Lipinski definition) is 1. The summed E-state index contributed by atoms with van der Waals surface area (Å²) in [5, 5.41) is 2.84. The van der Waals surface area contributed by atoms with E-state index in [-0.39, 0.29) is 17.6 Å². The van der Waals surface area contributed by atoms with Gasteiger partial charge in [0.05, 0.1) is 0 Å². The number of rotatable bonds is 8. The fourth-order valence-electron chi connectivity index (χ4n) is 2.11. The minimum Gasteiger partial charge on any atom is -0.354 e. The van der Waals surface area contributed by atoms with Crippen molar-refractivity contribution in [3.63, 3.8) is 0 Å². The molecular weight excluding hydrogens is 283 g/mol. The SMILES string of the molecule is CCCCNC(=O)[C@H](C)N(Cc1ccc(F)cc1)C(=O)CC. The molecule has 5 heteroatoms. The summed E-state index contributed by atoms with van der Waals surface area (Å²) in [5.41, 5.74) is 0.802. The highest BCUT2D eigenvalue weighted by atomic mass is 19.1. The lowest BCUT2D eigenvalue weighted by Gasteiger charge is -2.28.